The Bertz CT molecular complexity index is 573. The maximum atomic E-state index is 13.0. The third-order valence-electron chi connectivity index (χ3n) is 2.32. The molecule has 0 unspecified atom stereocenters. The Hall–Kier alpha value is -2.03. The Kier molecular flexibility index (Phi) is 4.43. The van der Waals surface area contributed by atoms with E-state index in [1.54, 1.807) is 0 Å². The summed E-state index contributed by atoms with van der Waals surface area (Å²) in [6.45, 7) is 0. The van der Waals surface area contributed by atoms with Crippen LogP contribution in [0.2, 0.25) is 0 Å². The molecule has 1 aromatic rings. The molecular formula is C10H7ClF3NO5. The smallest absolute Gasteiger partial charge is 0.423 e. The van der Waals surface area contributed by atoms with E-state index < -0.39 is 44.7 Å². The van der Waals surface area contributed by atoms with Gasteiger partial charge in [0.15, 0.2) is 5.75 Å². The van der Waals surface area contributed by atoms with Crippen LogP contribution >= 0.6 is 11.6 Å². The number of hydrogen-bond donors (Lipinski definition) is 0. The zero-order chi connectivity index (χ0) is 15.7. The van der Waals surface area contributed by atoms with Crippen molar-refractivity contribution in [2.24, 2.45) is 0 Å². The zero-order valence-electron chi connectivity index (χ0n) is 10.1. The number of halogens is 4. The highest BCUT2D eigenvalue weighted by atomic mass is 35.5. The molecule has 0 atom stereocenters. The van der Waals surface area contributed by atoms with Gasteiger partial charge >= 0.3 is 11.9 Å². The normalized spacial score (nSPS) is 11.1. The Morgan fingerprint density at radius 1 is 1.35 bits per heavy atom. The second kappa shape index (κ2) is 5.53. The summed E-state index contributed by atoms with van der Waals surface area (Å²) in [6.07, 6.45) is -5.16. The fraction of sp³-hybridized carbons (Fsp3) is 0.300. The van der Waals surface area contributed by atoms with Gasteiger partial charge in [-0.2, -0.15) is 13.2 Å². The molecule has 1 aromatic carbocycles. The van der Waals surface area contributed by atoms with E-state index in [1.807, 2.05) is 0 Å². The number of benzene rings is 1. The van der Waals surface area contributed by atoms with Crippen LogP contribution in [0, 0.1) is 10.1 Å². The molecule has 110 valence electrons. The van der Waals surface area contributed by atoms with Gasteiger partial charge in [-0.25, -0.2) is 0 Å². The first kappa shape index (κ1) is 16.0. The summed E-state index contributed by atoms with van der Waals surface area (Å²) < 4.78 is 48.2. The van der Waals surface area contributed by atoms with Gasteiger partial charge in [0.25, 0.3) is 5.24 Å². The summed E-state index contributed by atoms with van der Waals surface area (Å²) in [4.78, 5) is 20.7. The second-order valence-electron chi connectivity index (χ2n) is 3.41. The number of hydrogen-bond acceptors (Lipinski definition) is 5. The van der Waals surface area contributed by atoms with E-state index >= 15 is 0 Å². The minimum Gasteiger partial charge on any atom is -0.493 e. The van der Waals surface area contributed by atoms with Crippen molar-refractivity contribution in [2.75, 3.05) is 14.2 Å². The molecule has 0 heterocycles. The van der Waals surface area contributed by atoms with Gasteiger partial charge in [0, 0.05) is 0 Å². The van der Waals surface area contributed by atoms with Gasteiger partial charge in [-0.3, -0.25) is 14.9 Å². The summed E-state index contributed by atoms with van der Waals surface area (Å²) in [5.74, 6) is -1.15. The number of nitrogens with zero attached hydrogens (tertiary/aromatic N) is 1. The van der Waals surface area contributed by atoms with Crippen molar-refractivity contribution in [1.29, 1.82) is 0 Å². The predicted molar refractivity (Wildman–Crippen MR) is 61.4 cm³/mol. The molecule has 0 amide bonds. The Morgan fingerprint density at radius 3 is 2.20 bits per heavy atom. The van der Waals surface area contributed by atoms with E-state index in [9.17, 15) is 28.1 Å². The summed E-state index contributed by atoms with van der Waals surface area (Å²) in [6, 6.07) is 0.643. The first-order valence-corrected chi connectivity index (χ1v) is 5.23. The fourth-order valence-corrected chi connectivity index (χ4v) is 1.74. The largest absolute Gasteiger partial charge is 0.493 e. The van der Waals surface area contributed by atoms with Crippen LogP contribution in [0.25, 0.3) is 0 Å². The quantitative estimate of drug-likeness (QED) is 0.485. The molecule has 0 saturated carbocycles. The Balaban J connectivity index is 3.95. The molecule has 0 fully saturated rings. The molecular weight excluding hydrogens is 307 g/mol. The number of methoxy groups -OCH3 is 2. The SMILES string of the molecule is COc1cc(C(=O)Cl)c(C(F)(F)F)c([N+](=O)[O-])c1OC. The molecule has 0 spiro atoms. The number of alkyl halides is 3. The number of nitro groups is 1. The third-order valence-corrected chi connectivity index (χ3v) is 2.53. The lowest BCUT2D eigenvalue weighted by atomic mass is 10.0. The van der Waals surface area contributed by atoms with Gasteiger partial charge in [0.05, 0.1) is 24.7 Å². The third kappa shape index (κ3) is 2.77. The standard InChI is InChI=1S/C10H7ClF3NO5/c1-19-5-3-4(9(11)16)6(10(12,13)14)7(15(17)18)8(5)20-2/h3H,1-2H3. The molecule has 1 rings (SSSR count). The van der Waals surface area contributed by atoms with Crippen LogP contribution < -0.4 is 9.47 Å². The summed E-state index contributed by atoms with van der Waals surface area (Å²) in [5.41, 5.74) is -4.29. The lowest BCUT2D eigenvalue weighted by Crippen LogP contribution is -2.15. The topological polar surface area (TPSA) is 78.7 Å². The van der Waals surface area contributed by atoms with Crippen molar-refractivity contribution >= 4 is 22.5 Å². The van der Waals surface area contributed by atoms with Crippen LogP contribution in [-0.4, -0.2) is 24.4 Å². The van der Waals surface area contributed by atoms with Gasteiger partial charge in [0.2, 0.25) is 5.75 Å². The molecule has 20 heavy (non-hydrogen) atoms. The lowest BCUT2D eigenvalue weighted by Gasteiger charge is -2.15. The van der Waals surface area contributed by atoms with Crippen molar-refractivity contribution in [1.82, 2.24) is 0 Å². The second-order valence-corrected chi connectivity index (χ2v) is 3.76. The molecule has 0 aliphatic rings. The van der Waals surface area contributed by atoms with E-state index in [4.69, 9.17) is 11.6 Å². The van der Waals surface area contributed by atoms with E-state index in [-0.39, 0.29) is 0 Å². The molecule has 10 heteroatoms. The molecule has 0 aromatic heterocycles. The minimum absolute atomic E-state index is 0.406. The van der Waals surface area contributed by atoms with E-state index in [2.05, 4.69) is 9.47 Å². The van der Waals surface area contributed by atoms with Crippen molar-refractivity contribution in [3.05, 3.63) is 27.3 Å². The molecule has 0 aliphatic carbocycles. The van der Waals surface area contributed by atoms with Crippen molar-refractivity contribution < 1.29 is 32.4 Å². The number of carbonyl (C=O) groups excluding carboxylic acids is 1. The van der Waals surface area contributed by atoms with E-state index in [0.29, 0.717) is 6.07 Å². The Labute approximate surface area is 115 Å². The fourth-order valence-electron chi connectivity index (χ4n) is 1.59. The van der Waals surface area contributed by atoms with Gasteiger partial charge in [-0.15, -0.1) is 0 Å². The lowest BCUT2D eigenvalue weighted by molar-refractivity contribution is -0.389. The minimum atomic E-state index is -5.16. The number of ether oxygens (including phenoxy) is 2. The molecule has 0 aliphatic heterocycles. The van der Waals surface area contributed by atoms with Crippen molar-refractivity contribution in [3.8, 4) is 11.5 Å². The average Bonchev–Trinajstić information content (AvgIpc) is 2.34. The molecule has 0 radical (unpaired) electrons. The van der Waals surface area contributed by atoms with Crippen LogP contribution in [0.15, 0.2) is 6.07 Å². The summed E-state index contributed by atoms with van der Waals surface area (Å²) in [5, 5.41) is 9.41. The molecule has 0 bridgehead atoms. The van der Waals surface area contributed by atoms with E-state index in [0.717, 1.165) is 14.2 Å². The van der Waals surface area contributed by atoms with Crippen molar-refractivity contribution in [2.45, 2.75) is 6.18 Å². The zero-order valence-corrected chi connectivity index (χ0v) is 10.8. The van der Waals surface area contributed by atoms with E-state index in [1.165, 1.54) is 0 Å². The maximum Gasteiger partial charge on any atom is 0.423 e. The number of carbonyl (C=O) groups is 1. The first-order valence-electron chi connectivity index (χ1n) is 4.85. The van der Waals surface area contributed by atoms with Crippen LogP contribution in [-0.2, 0) is 6.18 Å². The number of rotatable bonds is 4. The summed E-state index contributed by atoms with van der Waals surface area (Å²) in [7, 11) is 1.99. The van der Waals surface area contributed by atoms with Gasteiger partial charge in [0.1, 0.15) is 5.56 Å². The van der Waals surface area contributed by atoms with Crippen LogP contribution in [0.4, 0.5) is 18.9 Å². The predicted octanol–water partition coefficient (Wildman–Crippen LogP) is 3.01. The highest BCUT2D eigenvalue weighted by molar-refractivity contribution is 6.68. The highest BCUT2D eigenvalue weighted by Crippen LogP contribution is 2.48. The van der Waals surface area contributed by atoms with Crippen LogP contribution in [0.1, 0.15) is 15.9 Å². The Morgan fingerprint density at radius 2 is 1.90 bits per heavy atom. The molecule has 0 N–H and O–H groups in total. The van der Waals surface area contributed by atoms with Crippen molar-refractivity contribution in [3.63, 3.8) is 0 Å². The maximum absolute atomic E-state index is 13.0. The van der Waals surface area contributed by atoms with Gasteiger partial charge in [-0.05, 0) is 17.7 Å². The molecule has 6 nitrogen and oxygen atoms in total. The van der Waals surface area contributed by atoms with Gasteiger partial charge < -0.3 is 9.47 Å². The number of nitro benzene ring substituents is 1. The average molecular weight is 314 g/mol. The monoisotopic (exact) mass is 313 g/mol. The highest BCUT2D eigenvalue weighted by Gasteiger charge is 2.45. The summed E-state index contributed by atoms with van der Waals surface area (Å²) >= 11 is 5.06. The van der Waals surface area contributed by atoms with Crippen LogP contribution in [0.5, 0.6) is 11.5 Å². The van der Waals surface area contributed by atoms with Crippen LogP contribution in [0.3, 0.4) is 0 Å². The van der Waals surface area contributed by atoms with Gasteiger partial charge in [-0.1, -0.05) is 0 Å². The first-order chi connectivity index (χ1) is 9.15. The molecule has 0 saturated heterocycles.